The number of nitrogens with two attached hydrogens (primary N) is 1. The summed E-state index contributed by atoms with van der Waals surface area (Å²) in [5, 5.41) is 0. The second-order valence-corrected chi connectivity index (χ2v) is 6.41. The van der Waals surface area contributed by atoms with Crippen molar-refractivity contribution in [3.8, 4) is 5.75 Å². The highest BCUT2D eigenvalue weighted by atomic mass is 16.5. The van der Waals surface area contributed by atoms with E-state index < -0.39 is 6.10 Å². The zero-order valence-electron chi connectivity index (χ0n) is 13.9. The predicted molar refractivity (Wildman–Crippen MR) is 90.1 cm³/mol. The van der Waals surface area contributed by atoms with Crippen LogP contribution in [0.5, 0.6) is 5.75 Å². The quantitative estimate of drug-likeness (QED) is 0.848. The van der Waals surface area contributed by atoms with Crippen molar-refractivity contribution in [2.24, 2.45) is 11.7 Å². The summed E-state index contributed by atoms with van der Waals surface area (Å²) in [7, 11) is 0. The summed E-state index contributed by atoms with van der Waals surface area (Å²) >= 11 is 0. The molecule has 2 unspecified atom stereocenters. The maximum atomic E-state index is 12.7. The molecule has 0 aromatic heterocycles. The van der Waals surface area contributed by atoms with Crippen LogP contribution in [0, 0.1) is 5.92 Å². The molecular formula is C18H26N2O2. The molecule has 1 aromatic rings. The summed E-state index contributed by atoms with van der Waals surface area (Å²) in [6.45, 7) is 12.4. The fraction of sp³-hybridized carbons (Fsp3) is 0.500. The molecule has 0 bridgehead atoms. The van der Waals surface area contributed by atoms with Crippen molar-refractivity contribution in [1.29, 1.82) is 0 Å². The zero-order valence-corrected chi connectivity index (χ0v) is 13.9. The molecule has 120 valence electrons. The maximum absolute atomic E-state index is 12.7. The average Bonchev–Trinajstić information content (AvgIpc) is 2.47. The number of hydrogen-bond acceptors (Lipinski definition) is 3. The van der Waals surface area contributed by atoms with Gasteiger partial charge in [-0.25, -0.2) is 0 Å². The first-order valence-electron chi connectivity index (χ1n) is 7.87. The normalized spacial score (nSPS) is 18.9. The maximum Gasteiger partial charge on any atom is 0.268 e. The second-order valence-electron chi connectivity index (χ2n) is 6.41. The highest BCUT2D eigenvalue weighted by Crippen LogP contribution is 2.38. The number of carbonyl (C=O) groups is 1. The number of benzene rings is 1. The van der Waals surface area contributed by atoms with Crippen LogP contribution in [0.3, 0.4) is 0 Å². The number of nitrogens with zero attached hydrogens (tertiary/aromatic N) is 1. The van der Waals surface area contributed by atoms with Crippen molar-refractivity contribution in [1.82, 2.24) is 0 Å². The van der Waals surface area contributed by atoms with Gasteiger partial charge in [0, 0.05) is 12.6 Å². The van der Waals surface area contributed by atoms with E-state index in [9.17, 15) is 4.79 Å². The molecule has 1 heterocycles. The number of rotatable bonds is 5. The van der Waals surface area contributed by atoms with Crippen LogP contribution >= 0.6 is 0 Å². The first-order valence-corrected chi connectivity index (χ1v) is 7.87. The molecule has 1 aromatic carbocycles. The third-order valence-electron chi connectivity index (χ3n) is 3.94. The number of ether oxygens (including phenoxy) is 1. The van der Waals surface area contributed by atoms with E-state index in [-0.39, 0.29) is 17.9 Å². The Balaban J connectivity index is 2.47. The number of carbonyl (C=O) groups excluding carboxylic acids is 1. The summed E-state index contributed by atoms with van der Waals surface area (Å²) in [5.41, 5.74) is 8.88. The van der Waals surface area contributed by atoms with E-state index >= 15 is 0 Å². The SMILES string of the molecule is C=C(C)CN1C(=O)C(C(C)C)Oc2ccc(C(N)CC)cc21. The van der Waals surface area contributed by atoms with Gasteiger partial charge in [-0.2, -0.15) is 0 Å². The first kappa shape index (κ1) is 16.6. The minimum atomic E-state index is -0.447. The summed E-state index contributed by atoms with van der Waals surface area (Å²) in [6, 6.07) is 5.85. The molecule has 1 aliphatic rings. The van der Waals surface area contributed by atoms with Crippen molar-refractivity contribution in [2.45, 2.75) is 46.3 Å². The zero-order chi connectivity index (χ0) is 16.4. The fourth-order valence-electron chi connectivity index (χ4n) is 2.63. The van der Waals surface area contributed by atoms with Crippen LogP contribution in [0.25, 0.3) is 0 Å². The van der Waals surface area contributed by atoms with Gasteiger partial charge < -0.3 is 15.4 Å². The first-order chi connectivity index (χ1) is 10.3. The smallest absolute Gasteiger partial charge is 0.268 e. The Labute approximate surface area is 132 Å². The van der Waals surface area contributed by atoms with Crippen LogP contribution in [0.4, 0.5) is 5.69 Å². The fourth-order valence-corrected chi connectivity index (χ4v) is 2.63. The largest absolute Gasteiger partial charge is 0.478 e. The molecule has 0 saturated heterocycles. The highest BCUT2D eigenvalue weighted by Gasteiger charge is 2.36. The lowest BCUT2D eigenvalue weighted by molar-refractivity contribution is -0.128. The summed E-state index contributed by atoms with van der Waals surface area (Å²) in [5.74, 6) is 0.852. The highest BCUT2D eigenvalue weighted by molar-refractivity contribution is 6.00. The lowest BCUT2D eigenvalue weighted by Crippen LogP contribution is -2.48. The van der Waals surface area contributed by atoms with Crippen LogP contribution in [0.2, 0.25) is 0 Å². The van der Waals surface area contributed by atoms with Crippen LogP contribution in [0.15, 0.2) is 30.4 Å². The molecule has 1 amide bonds. The van der Waals surface area contributed by atoms with E-state index in [0.29, 0.717) is 6.54 Å². The minimum Gasteiger partial charge on any atom is -0.478 e. The second kappa shape index (κ2) is 6.53. The monoisotopic (exact) mass is 302 g/mol. The van der Waals surface area contributed by atoms with Crippen molar-refractivity contribution in [3.05, 3.63) is 35.9 Å². The van der Waals surface area contributed by atoms with E-state index in [4.69, 9.17) is 10.5 Å². The van der Waals surface area contributed by atoms with Gasteiger partial charge in [0.15, 0.2) is 6.10 Å². The van der Waals surface area contributed by atoms with Crippen LogP contribution in [-0.2, 0) is 4.79 Å². The molecule has 4 nitrogen and oxygen atoms in total. The topological polar surface area (TPSA) is 55.6 Å². The van der Waals surface area contributed by atoms with Gasteiger partial charge in [0.05, 0.1) is 5.69 Å². The number of hydrogen-bond donors (Lipinski definition) is 1. The molecule has 0 fully saturated rings. The Morgan fingerprint density at radius 1 is 1.45 bits per heavy atom. The molecule has 0 aliphatic carbocycles. The molecule has 1 aliphatic heterocycles. The Morgan fingerprint density at radius 2 is 2.14 bits per heavy atom. The van der Waals surface area contributed by atoms with Gasteiger partial charge in [-0.15, -0.1) is 0 Å². The average molecular weight is 302 g/mol. The number of fused-ring (bicyclic) bond motifs is 1. The van der Waals surface area contributed by atoms with E-state index in [0.717, 1.165) is 29.0 Å². The Bertz CT molecular complexity index is 580. The minimum absolute atomic E-state index is 0.00674. The predicted octanol–water partition coefficient (Wildman–Crippen LogP) is 3.42. The van der Waals surface area contributed by atoms with E-state index in [1.165, 1.54) is 0 Å². The van der Waals surface area contributed by atoms with Crippen LogP contribution in [-0.4, -0.2) is 18.6 Å². The summed E-state index contributed by atoms with van der Waals surface area (Å²) in [4.78, 5) is 14.5. The van der Waals surface area contributed by atoms with Gasteiger partial charge in [0.25, 0.3) is 5.91 Å². The van der Waals surface area contributed by atoms with Gasteiger partial charge in [0.1, 0.15) is 5.75 Å². The van der Waals surface area contributed by atoms with E-state index in [2.05, 4.69) is 6.58 Å². The molecular weight excluding hydrogens is 276 g/mol. The molecule has 0 saturated carbocycles. The lowest BCUT2D eigenvalue weighted by Gasteiger charge is -2.36. The van der Waals surface area contributed by atoms with Crippen molar-refractivity contribution in [2.75, 3.05) is 11.4 Å². The molecule has 0 radical (unpaired) electrons. The number of amides is 1. The Hall–Kier alpha value is -1.81. The van der Waals surface area contributed by atoms with E-state index in [1.807, 2.05) is 45.9 Å². The van der Waals surface area contributed by atoms with Gasteiger partial charge >= 0.3 is 0 Å². The molecule has 0 spiro atoms. The van der Waals surface area contributed by atoms with Gasteiger partial charge in [0.2, 0.25) is 0 Å². The molecule has 2 N–H and O–H groups in total. The van der Waals surface area contributed by atoms with Gasteiger partial charge in [-0.1, -0.05) is 39.0 Å². The molecule has 2 rings (SSSR count). The number of anilines is 1. The molecule has 2 atom stereocenters. The Kier molecular flexibility index (Phi) is 4.91. The Morgan fingerprint density at radius 3 is 2.68 bits per heavy atom. The summed E-state index contributed by atoms with van der Waals surface area (Å²) < 4.78 is 5.92. The third kappa shape index (κ3) is 3.17. The van der Waals surface area contributed by atoms with Crippen molar-refractivity contribution >= 4 is 11.6 Å². The van der Waals surface area contributed by atoms with Crippen molar-refractivity contribution < 1.29 is 9.53 Å². The van der Waals surface area contributed by atoms with Crippen molar-refractivity contribution in [3.63, 3.8) is 0 Å². The standard InChI is InChI=1S/C18H26N2O2/c1-6-14(19)13-7-8-16-15(9-13)20(10-11(2)3)18(21)17(22-16)12(4)5/h7-9,12,14,17H,2,6,10,19H2,1,3-5H3. The van der Waals surface area contributed by atoms with Gasteiger partial charge in [-0.3, -0.25) is 4.79 Å². The van der Waals surface area contributed by atoms with Crippen LogP contribution in [0.1, 0.15) is 45.7 Å². The van der Waals surface area contributed by atoms with E-state index in [1.54, 1.807) is 4.90 Å². The lowest BCUT2D eigenvalue weighted by atomic mass is 9.99. The molecule has 22 heavy (non-hydrogen) atoms. The summed E-state index contributed by atoms with van der Waals surface area (Å²) in [6.07, 6.45) is 0.403. The third-order valence-corrected chi connectivity index (χ3v) is 3.94. The van der Waals surface area contributed by atoms with Gasteiger partial charge in [-0.05, 0) is 37.0 Å². The molecule has 4 heteroatoms. The van der Waals surface area contributed by atoms with Crippen LogP contribution < -0.4 is 15.4 Å².